The summed E-state index contributed by atoms with van der Waals surface area (Å²) in [5.41, 5.74) is 1.07. The Kier molecular flexibility index (Phi) is 6.61. The molecule has 0 saturated heterocycles. The number of benzene rings is 2. The van der Waals surface area contributed by atoms with E-state index in [0.29, 0.717) is 45.2 Å². The summed E-state index contributed by atoms with van der Waals surface area (Å²) < 4.78 is 11.1. The molecule has 0 spiro atoms. The average Bonchev–Trinajstić information content (AvgIpc) is 3.18. The van der Waals surface area contributed by atoms with Gasteiger partial charge in [-0.15, -0.1) is 0 Å². The van der Waals surface area contributed by atoms with E-state index in [2.05, 4.69) is 5.32 Å². The lowest BCUT2D eigenvalue weighted by Crippen LogP contribution is -2.13. The summed E-state index contributed by atoms with van der Waals surface area (Å²) in [6, 6.07) is 17.1. The molecule has 0 aliphatic heterocycles. The van der Waals surface area contributed by atoms with Gasteiger partial charge >= 0.3 is 0 Å². The molecule has 0 aliphatic rings. The molecule has 0 unspecified atom stereocenters. The molecule has 0 fully saturated rings. The molecule has 146 valence electrons. The molecule has 3 aromatic rings. The van der Waals surface area contributed by atoms with Crippen molar-refractivity contribution in [1.29, 1.82) is 5.26 Å². The van der Waals surface area contributed by atoms with Crippen LogP contribution in [0.25, 0.3) is 17.4 Å². The molecular weight excluding hydrogens is 411 g/mol. The van der Waals surface area contributed by atoms with Gasteiger partial charge in [-0.3, -0.25) is 4.79 Å². The van der Waals surface area contributed by atoms with Gasteiger partial charge in [-0.2, -0.15) is 5.26 Å². The predicted molar refractivity (Wildman–Crippen MR) is 114 cm³/mol. The van der Waals surface area contributed by atoms with Gasteiger partial charge in [-0.1, -0.05) is 23.2 Å². The van der Waals surface area contributed by atoms with Crippen LogP contribution >= 0.6 is 23.2 Å². The zero-order valence-corrected chi connectivity index (χ0v) is 16.9. The highest BCUT2D eigenvalue weighted by atomic mass is 35.5. The molecule has 0 saturated carbocycles. The number of rotatable bonds is 6. The molecular formula is C22H16Cl2N2O3. The van der Waals surface area contributed by atoms with E-state index in [1.54, 1.807) is 54.6 Å². The lowest BCUT2D eigenvalue weighted by atomic mass is 10.2. The third-order valence-electron chi connectivity index (χ3n) is 3.90. The summed E-state index contributed by atoms with van der Waals surface area (Å²) in [5, 5.41) is 13.0. The van der Waals surface area contributed by atoms with Gasteiger partial charge in [0.15, 0.2) is 0 Å². The molecule has 1 N–H and O–H groups in total. The van der Waals surface area contributed by atoms with Crippen molar-refractivity contribution < 1.29 is 13.9 Å². The summed E-state index contributed by atoms with van der Waals surface area (Å²) in [6.45, 7) is 2.44. The fourth-order valence-corrected chi connectivity index (χ4v) is 2.93. The summed E-state index contributed by atoms with van der Waals surface area (Å²) in [4.78, 5) is 12.4. The first kappa shape index (κ1) is 20.5. The van der Waals surface area contributed by atoms with Crippen molar-refractivity contribution in [2.75, 3.05) is 11.9 Å². The molecule has 1 amide bonds. The summed E-state index contributed by atoms with van der Waals surface area (Å²) in [6.07, 6.45) is 1.37. The van der Waals surface area contributed by atoms with Crippen molar-refractivity contribution in [3.63, 3.8) is 0 Å². The van der Waals surface area contributed by atoms with Crippen LogP contribution in [0.3, 0.4) is 0 Å². The lowest BCUT2D eigenvalue weighted by Gasteiger charge is -2.06. The number of amides is 1. The minimum absolute atomic E-state index is 0.100. The minimum atomic E-state index is -0.546. The maximum absolute atomic E-state index is 12.4. The van der Waals surface area contributed by atoms with E-state index in [9.17, 15) is 10.1 Å². The maximum Gasteiger partial charge on any atom is 0.266 e. The molecule has 0 radical (unpaired) electrons. The number of nitrogens with zero attached hydrogens (tertiary/aromatic N) is 1. The van der Waals surface area contributed by atoms with Gasteiger partial charge in [-0.05, 0) is 61.5 Å². The average molecular weight is 427 g/mol. The lowest BCUT2D eigenvalue weighted by molar-refractivity contribution is -0.112. The quantitative estimate of drug-likeness (QED) is 0.376. The van der Waals surface area contributed by atoms with Gasteiger partial charge in [0.25, 0.3) is 5.91 Å². The minimum Gasteiger partial charge on any atom is -0.494 e. The van der Waals surface area contributed by atoms with Crippen molar-refractivity contribution >= 4 is 40.9 Å². The molecule has 29 heavy (non-hydrogen) atoms. The van der Waals surface area contributed by atoms with E-state index >= 15 is 0 Å². The number of nitrogens with one attached hydrogen (secondary N) is 1. The third kappa shape index (κ3) is 5.20. The fourth-order valence-electron chi connectivity index (χ4n) is 2.55. The molecule has 1 aromatic heterocycles. The number of nitriles is 1. The Morgan fingerprint density at radius 3 is 2.62 bits per heavy atom. The van der Waals surface area contributed by atoms with Crippen molar-refractivity contribution in [3.05, 3.63) is 76.0 Å². The Morgan fingerprint density at radius 1 is 1.17 bits per heavy atom. The number of halogens is 2. The normalized spacial score (nSPS) is 11.0. The predicted octanol–water partition coefficient (Wildman–Crippen LogP) is 6.20. The van der Waals surface area contributed by atoms with Crippen LogP contribution in [-0.2, 0) is 4.79 Å². The van der Waals surface area contributed by atoms with Crippen molar-refractivity contribution in [3.8, 4) is 23.1 Å². The fraction of sp³-hybridized carbons (Fsp3) is 0.0909. The third-order valence-corrected chi connectivity index (χ3v) is 4.46. The van der Waals surface area contributed by atoms with Gasteiger partial charge < -0.3 is 14.5 Å². The van der Waals surface area contributed by atoms with E-state index in [4.69, 9.17) is 32.4 Å². The summed E-state index contributed by atoms with van der Waals surface area (Å²) in [7, 11) is 0. The summed E-state index contributed by atoms with van der Waals surface area (Å²) in [5.74, 6) is 0.974. The van der Waals surface area contributed by atoms with Crippen LogP contribution in [0.2, 0.25) is 10.0 Å². The Bertz CT molecular complexity index is 1100. The van der Waals surface area contributed by atoms with Crippen LogP contribution in [0, 0.1) is 11.3 Å². The monoisotopic (exact) mass is 426 g/mol. The topological polar surface area (TPSA) is 75.3 Å². The van der Waals surface area contributed by atoms with E-state index < -0.39 is 5.91 Å². The SMILES string of the molecule is CCOc1ccc(NC(=O)/C(C#N)=C\c2ccc(-c3cc(Cl)ccc3Cl)o2)cc1. The Morgan fingerprint density at radius 2 is 1.93 bits per heavy atom. The second-order valence-corrected chi connectivity index (χ2v) is 6.75. The molecule has 0 atom stereocenters. The number of hydrogen-bond donors (Lipinski definition) is 1. The zero-order chi connectivity index (χ0) is 20.8. The highest BCUT2D eigenvalue weighted by Crippen LogP contribution is 2.32. The molecule has 2 aromatic carbocycles. The van der Waals surface area contributed by atoms with Gasteiger partial charge in [0.05, 0.1) is 11.6 Å². The second-order valence-electron chi connectivity index (χ2n) is 5.91. The standard InChI is InChI=1S/C22H16Cl2N2O3/c1-2-28-17-6-4-16(5-7-17)26-22(27)14(13-25)11-18-8-10-21(29-18)19-12-15(23)3-9-20(19)24/h3-12H,2H2,1H3,(H,26,27)/b14-11-. The number of furan rings is 1. The Hall–Kier alpha value is -3.20. The number of ether oxygens (including phenoxy) is 1. The second kappa shape index (κ2) is 9.33. The van der Waals surface area contributed by atoms with Gasteiger partial charge in [-0.25, -0.2) is 0 Å². The highest BCUT2D eigenvalue weighted by molar-refractivity contribution is 6.35. The van der Waals surface area contributed by atoms with Gasteiger partial charge in [0.2, 0.25) is 0 Å². The van der Waals surface area contributed by atoms with Crippen molar-refractivity contribution in [2.45, 2.75) is 6.92 Å². The van der Waals surface area contributed by atoms with Crippen LogP contribution in [0.5, 0.6) is 5.75 Å². The molecule has 3 rings (SSSR count). The largest absolute Gasteiger partial charge is 0.494 e. The molecule has 5 nitrogen and oxygen atoms in total. The van der Waals surface area contributed by atoms with E-state index in [0.717, 1.165) is 0 Å². The van der Waals surface area contributed by atoms with Crippen molar-refractivity contribution in [1.82, 2.24) is 0 Å². The van der Waals surface area contributed by atoms with Gasteiger partial charge in [0, 0.05) is 22.3 Å². The van der Waals surface area contributed by atoms with Crippen LogP contribution in [-0.4, -0.2) is 12.5 Å². The number of carbonyl (C=O) groups is 1. The Balaban J connectivity index is 1.77. The Labute approximate surface area is 178 Å². The van der Waals surface area contributed by atoms with Crippen LogP contribution in [0.1, 0.15) is 12.7 Å². The molecule has 1 heterocycles. The summed E-state index contributed by atoms with van der Waals surface area (Å²) >= 11 is 12.2. The first-order valence-electron chi connectivity index (χ1n) is 8.71. The molecule has 0 bridgehead atoms. The van der Waals surface area contributed by atoms with Crippen LogP contribution < -0.4 is 10.1 Å². The van der Waals surface area contributed by atoms with Gasteiger partial charge in [0.1, 0.15) is 28.9 Å². The zero-order valence-electron chi connectivity index (χ0n) is 15.4. The first-order chi connectivity index (χ1) is 14.0. The molecule has 7 heteroatoms. The number of anilines is 1. The smallest absolute Gasteiger partial charge is 0.266 e. The first-order valence-corrected chi connectivity index (χ1v) is 9.47. The highest BCUT2D eigenvalue weighted by Gasteiger charge is 2.13. The van der Waals surface area contributed by atoms with E-state index in [1.165, 1.54) is 6.08 Å². The van der Waals surface area contributed by atoms with E-state index in [-0.39, 0.29) is 5.57 Å². The maximum atomic E-state index is 12.4. The van der Waals surface area contributed by atoms with Crippen molar-refractivity contribution in [2.24, 2.45) is 0 Å². The number of hydrogen-bond acceptors (Lipinski definition) is 4. The van der Waals surface area contributed by atoms with Crippen LogP contribution in [0.4, 0.5) is 5.69 Å². The molecule has 0 aliphatic carbocycles. The van der Waals surface area contributed by atoms with Crippen LogP contribution in [0.15, 0.2) is 64.6 Å². The number of carbonyl (C=O) groups excluding carboxylic acids is 1. The van der Waals surface area contributed by atoms with E-state index in [1.807, 2.05) is 13.0 Å².